The van der Waals surface area contributed by atoms with E-state index in [0.717, 1.165) is 0 Å². The molecular formula is C14H22ClNO3. The molecule has 1 rings (SSSR count). The van der Waals surface area contributed by atoms with Crippen molar-refractivity contribution in [1.29, 1.82) is 0 Å². The molecule has 0 amide bonds. The number of hydrogen-bond acceptors (Lipinski definition) is 4. The Labute approximate surface area is 120 Å². The lowest BCUT2D eigenvalue weighted by Crippen LogP contribution is -2.55. The zero-order chi connectivity index (χ0) is 14.0. The molecule has 19 heavy (non-hydrogen) atoms. The number of carbonyl (C=O) groups is 1. The minimum Gasteiger partial charge on any atom is -0.388 e. The standard InChI is InChI=1S/C14H21NO3.ClH/c1-13(2,3)12(17)14(15,18-4)11-8-6-5-7-10(11)9-16;/h5-9,12,17H,15H2,1-4H3;1H/t12-,14-;/m0./s1. The Morgan fingerprint density at radius 1 is 1.32 bits per heavy atom. The number of aliphatic hydroxyl groups is 1. The number of halogens is 1. The highest BCUT2D eigenvalue weighted by Gasteiger charge is 2.43. The average molecular weight is 288 g/mol. The van der Waals surface area contributed by atoms with Gasteiger partial charge in [-0.15, -0.1) is 12.4 Å². The lowest BCUT2D eigenvalue weighted by atomic mass is 9.79. The van der Waals surface area contributed by atoms with Crippen molar-refractivity contribution in [3.05, 3.63) is 35.4 Å². The van der Waals surface area contributed by atoms with Crippen LogP contribution in [0.15, 0.2) is 24.3 Å². The van der Waals surface area contributed by atoms with Gasteiger partial charge in [0.05, 0.1) is 0 Å². The molecule has 0 aromatic heterocycles. The van der Waals surface area contributed by atoms with Gasteiger partial charge < -0.3 is 9.84 Å². The Balaban J connectivity index is 0.00000324. The van der Waals surface area contributed by atoms with Crippen molar-refractivity contribution < 1.29 is 14.6 Å². The highest BCUT2D eigenvalue weighted by Crippen LogP contribution is 2.35. The van der Waals surface area contributed by atoms with Crippen LogP contribution in [-0.2, 0) is 10.5 Å². The Morgan fingerprint density at radius 3 is 2.26 bits per heavy atom. The van der Waals surface area contributed by atoms with Crippen LogP contribution in [0.5, 0.6) is 0 Å². The molecule has 0 saturated heterocycles. The summed E-state index contributed by atoms with van der Waals surface area (Å²) >= 11 is 0. The normalized spacial score (nSPS) is 16.1. The van der Waals surface area contributed by atoms with Crippen molar-refractivity contribution in [2.75, 3.05) is 7.11 Å². The minimum atomic E-state index is -1.41. The molecule has 5 heteroatoms. The number of benzene rings is 1. The number of aldehydes is 1. The highest BCUT2D eigenvalue weighted by molar-refractivity contribution is 5.85. The minimum absolute atomic E-state index is 0. The molecule has 0 spiro atoms. The van der Waals surface area contributed by atoms with Gasteiger partial charge in [0, 0.05) is 18.2 Å². The van der Waals surface area contributed by atoms with Gasteiger partial charge in [0.2, 0.25) is 0 Å². The summed E-state index contributed by atoms with van der Waals surface area (Å²) in [6.45, 7) is 5.59. The number of methoxy groups -OCH3 is 1. The van der Waals surface area contributed by atoms with Crippen molar-refractivity contribution in [2.45, 2.75) is 32.6 Å². The van der Waals surface area contributed by atoms with Gasteiger partial charge in [0.1, 0.15) is 12.4 Å². The summed E-state index contributed by atoms with van der Waals surface area (Å²) in [7, 11) is 1.43. The second-order valence-corrected chi connectivity index (χ2v) is 5.47. The number of carbonyl (C=O) groups excluding carboxylic acids is 1. The Bertz CT molecular complexity index is 431. The third kappa shape index (κ3) is 3.54. The number of hydrogen-bond donors (Lipinski definition) is 2. The van der Waals surface area contributed by atoms with E-state index in [4.69, 9.17) is 10.5 Å². The maximum atomic E-state index is 11.1. The van der Waals surface area contributed by atoms with Gasteiger partial charge >= 0.3 is 0 Å². The van der Waals surface area contributed by atoms with Gasteiger partial charge in [-0.2, -0.15) is 0 Å². The van der Waals surface area contributed by atoms with E-state index in [9.17, 15) is 9.90 Å². The van der Waals surface area contributed by atoms with E-state index in [1.807, 2.05) is 20.8 Å². The average Bonchev–Trinajstić information content (AvgIpc) is 2.35. The molecule has 0 heterocycles. The molecule has 0 aliphatic rings. The van der Waals surface area contributed by atoms with Crippen LogP contribution in [0.3, 0.4) is 0 Å². The molecule has 3 N–H and O–H groups in total. The largest absolute Gasteiger partial charge is 0.388 e. The number of ether oxygens (including phenoxy) is 1. The third-order valence-electron chi connectivity index (χ3n) is 3.07. The van der Waals surface area contributed by atoms with Crippen LogP contribution < -0.4 is 5.73 Å². The molecule has 4 nitrogen and oxygen atoms in total. The molecule has 0 aliphatic heterocycles. The molecule has 0 radical (unpaired) electrons. The van der Waals surface area contributed by atoms with Crippen molar-refractivity contribution in [2.24, 2.45) is 11.1 Å². The predicted molar refractivity (Wildman–Crippen MR) is 77.4 cm³/mol. The third-order valence-corrected chi connectivity index (χ3v) is 3.07. The SMILES string of the molecule is CO[C@@](N)(c1ccccc1C=O)[C@@H](O)C(C)(C)C.Cl. The number of aliphatic hydroxyl groups excluding tert-OH is 1. The second kappa shape index (κ2) is 6.48. The molecule has 0 unspecified atom stereocenters. The van der Waals surface area contributed by atoms with Gasteiger partial charge in [-0.05, 0) is 5.41 Å². The molecular weight excluding hydrogens is 266 g/mol. The van der Waals surface area contributed by atoms with Crippen molar-refractivity contribution in [3.63, 3.8) is 0 Å². The molecule has 2 atom stereocenters. The van der Waals surface area contributed by atoms with E-state index < -0.39 is 17.2 Å². The molecule has 1 aromatic carbocycles. The van der Waals surface area contributed by atoms with Gasteiger partial charge in [0.15, 0.2) is 5.72 Å². The maximum Gasteiger partial charge on any atom is 0.169 e. The Kier molecular flexibility index (Phi) is 6.16. The fourth-order valence-corrected chi connectivity index (χ4v) is 1.97. The summed E-state index contributed by atoms with van der Waals surface area (Å²) in [4.78, 5) is 11.1. The zero-order valence-electron chi connectivity index (χ0n) is 11.7. The van der Waals surface area contributed by atoms with Gasteiger partial charge in [-0.1, -0.05) is 45.0 Å². The summed E-state index contributed by atoms with van der Waals surface area (Å²) in [5, 5.41) is 10.4. The van der Waals surface area contributed by atoms with Crippen LogP contribution in [0.1, 0.15) is 36.7 Å². The van der Waals surface area contributed by atoms with Crippen molar-refractivity contribution in [1.82, 2.24) is 0 Å². The van der Waals surface area contributed by atoms with Crippen LogP contribution in [0.4, 0.5) is 0 Å². The number of nitrogens with two attached hydrogens (primary N) is 1. The van der Waals surface area contributed by atoms with Crippen molar-refractivity contribution in [3.8, 4) is 0 Å². The summed E-state index contributed by atoms with van der Waals surface area (Å²) < 4.78 is 5.32. The van der Waals surface area contributed by atoms with E-state index in [1.54, 1.807) is 24.3 Å². The van der Waals surface area contributed by atoms with Gasteiger partial charge in [0.25, 0.3) is 0 Å². The first kappa shape index (κ1) is 18.1. The van der Waals surface area contributed by atoms with Crippen LogP contribution in [0, 0.1) is 5.41 Å². The first-order chi connectivity index (χ1) is 8.27. The van der Waals surface area contributed by atoms with E-state index in [1.165, 1.54) is 7.11 Å². The Morgan fingerprint density at radius 2 is 1.84 bits per heavy atom. The first-order valence-electron chi connectivity index (χ1n) is 5.84. The van der Waals surface area contributed by atoms with Crippen LogP contribution in [0.25, 0.3) is 0 Å². The van der Waals surface area contributed by atoms with E-state index in [-0.39, 0.29) is 12.4 Å². The molecule has 0 bridgehead atoms. The fraction of sp³-hybridized carbons (Fsp3) is 0.500. The van der Waals surface area contributed by atoms with E-state index >= 15 is 0 Å². The highest BCUT2D eigenvalue weighted by atomic mass is 35.5. The molecule has 108 valence electrons. The summed E-state index contributed by atoms with van der Waals surface area (Å²) in [6.07, 6.45) is -0.234. The van der Waals surface area contributed by atoms with E-state index in [2.05, 4.69) is 0 Å². The fourth-order valence-electron chi connectivity index (χ4n) is 1.97. The van der Waals surface area contributed by atoms with Gasteiger partial charge in [-0.25, -0.2) is 0 Å². The quantitative estimate of drug-likeness (QED) is 0.657. The molecule has 0 aliphatic carbocycles. The smallest absolute Gasteiger partial charge is 0.169 e. The number of rotatable bonds is 4. The maximum absolute atomic E-state index is 11.1. The molecule has 0 fully saturated rings. The van der Waals surface area contributed by atoms with Crippen LogP contribution in [-0.4, -0.2) is 24.6 Å². The van der Waals surface area contributed by atoms with Crippen LogP contribution >= 0.6 is 12.4 Å². The van der Waals surface area contributed by atoms with E-state index in [0.29, 0.717) is 17.4 Å². The van der Waals surface area contributed by atoms with Crippen LogP contribution in [0.2, 0.25) is 0 Å². The summed E-state index contributed by atoms with van der Waals surface area (Å²) in [6, 6.07) is 6.85. The molecule has 0 saturated carbocycles. The summed E-state index contributed by atoms with van der Waals surface area (Å²) in [5.41, 5.74) is 5.23. The second-order valence-electron chi connectivity index (χ2n) is 5.47. The van der Waals surface area contributed by atoms with Gasteiger partial charge in [-0.3, -0.25) is 10.5 Å². The summed E-state index contributed by atoms with van der Waals surface area (Å²) in [5.74, 6) is 0. The molecule has 1 aromatic rings. The van der Waals surface area contributed by atoms with Crippen molar-refractivity contribution >= 4 is 18.7 Å². The predicted octanol–water partition coefficient (Wildman–Crippen LogP) is 2.09. The Hall–Kier alpha value is -0.940. The zero-order valence-corrected chi connectivity index (χ0v) is 12.5. The first-order valence-corrected chi connectivity index (χ1v) is 5.84. The lowest BCUT2D eigenvalue weighted by Gasteiger charge is -2.40. The lowest BCUT2D eigenvalue weighted by molar-refractivity contribution is -0.144. The monoisotopic (exact) mass is 287 g/mol. The topological polar surface area (TPSA) is 72.5 Å².